The van der Waals surface area contributed by atoms with Gasteiger partial charge < -0.3 is 9.47 Å². The summed E-state index contributed by atoms with van der Waals surface area (Å²) >= 11 is 0. The SMILES string of the molecule is C=CC(=O)OCCCCCC(CCC)Oc1ccc(-c2ccc(C3CCCC(C#N)(CCCCC)C3)cc2)cc1. The lowest BCUT2D eigenvalue weighted by Gasteiger charge is -2.36. The molecule has 1 aliphatic rings. The molecule has 0 bridgehead atoms. The molecule has 3 unspecified atom stereocenters. The number of benzene rings is 2. The molecule has 4 nitrogen and oxygen atoms in total. The highest BCUT2D eigenvalue weighted by Crippen LogP contribution is 2.46. The lowest BCUT2D eigenvalue weighted by Crippen LogP contribution is -2.26. The van der Waals surface area contributed by atoms with Crippen molar-refractivity contribution in [1.82, 2.24) is 0 Å². The van der Waals surface area contributed by atoms with E-state index in [1.165, 1.54) is 48.4 Å². The predicted molar refractivity (Wildman–Crippen MR) is 164 cm³/mol. The maximum Gasteiger partial charge on any atom is 0.330 e. The highest BCUT2D eigenvalue weighted by atomic mass is 16.5. The first-order valence-electron chi connectivity index (χ1n) is 15.6. The third-order valence-corrected chi connectivity index (χ3v) is 8.41. The number of nitriles is 1. The van der Waals surface area contributed by atoms with Crippen molar-refractivity contribution >= 4 is 5.97 Å². The number of unbranched alkanes of at least 4 members (excludes halogenated alkanes) is 4. The van der Waals surface area contributed by atoms with Gasteiger partial charge >= 0.3 is 5.97 Å². The fourth-order valence-corrected chi connectivity index (χ4v) is 6.08. The average molecular weight is 544 g/mol. The zero-order chi connectivity index (χ0) is 28.6. The number of hydrogen-bond acceptors (Lipinski definition) is 4. The molecule has 0 aromatic heterocycles. The van der Waals surface area contributed by atoms with Crippen LogP contribution in [-0.2, 0) is 9.53 Å². The molecule has 3 atom stereocenters. The van der Waals surface area contributed by atoms with E-state index >= 15 is 0 Å². The van der Waals surface area contributed by atoms with Crippen molar-refractivity contribution in [2.24, 2.45) is 5.41 Å². The summed E-state index contributed by atoms with van der Waals surface area (Å²) < 4.78 is 11.4. The zero-order valence-corrected chi connectivity index (χ0v) is 24.8. The summed E-state index contributed by atoms with van der Waals surface area (Å²) in [7, 11) is 0. The van der Waals surface area contributed by atoms with Crippen LogP contribution in [0.2, 0.25) is 0 Å². The maximum atomic E-state index is 11.1. The van der Waals surface area contributed by atoms with Crippen molar-refractivity contribution in [2.45, 2.75) is 116 Å². The van der Waals surface area contributed by atoms with Crippen LogP contribution in [-0.4, -0.2) is 18.7 Å². The molecule has 0 radical (unpaired) electrons. The fourth-order valence-electron chi connectivity index (χ4n) is 6.08. The van der Waals surface area contributed by atoms with E-state index in [2.05, 4.69) is 75.0 Å². The number of carbonyl (C=O) groups is 1. The monoisotopic (exact) mass is 543 g/mol. The molecule has 0 saturated heterocycles. The number of ether oxygens (including phenoxy) is 2. The molecule has 0 N–H and O–H groups in total. The Kier molecular flexibility index (Phi) is 13.3. The standard InChI is InChI=1S/C36H49NO3/c1-4-7-10-24-36(28-37)25-12-14-32(27-36)31-18-16-29(17-19-31)30-20-22-34(23-21-30)40-33(13-5-2)15-9-8-11-26-39-35(38)6-3/h6,16-23,32-33H,3-5,7-15,24-27H2,1-2H3. The van der Waals surface area contributed by atoms with Crippen LogP contribution in [0.15, 0.2) is 61.2 Å². The van der Waals surface area contributed by atoms with E-state index in [-0.39, 0.29) is 17.5 Å². The van der Waals surface area contributed by atoms with Gasteiger partial charge in [-0.05, 0) is 92.5 Å². The summed E-state index contributed by atoms with van der Waals surface area (Å²) in [4.78, 5) is 11.1. The highest BCUT2D eigenvalue weighted by Gasteiger charge is 2.36. The Labute approximate surface area is 242 Å². The summed E-state index contributed by atoms with van der Waals surface area (Å²) in [6, 6.07) is 20.2. The third kappa shape index (κ3) is 9.84. The van der Waals surface area contributed by atoms with Crippen molar-refractivity contribution in [2.75, 3.05) is 6.61 Å². The normalized spacial score (nSPS) is 19.4. The van der Waals surface area contributed by atoms with Crippen molar-refractivity contribution in [1.29, 1.82) is 5.26 Å². The van der Waals surface area contributed by atoms with Gasteiger partial charge in [0.15, 0.2) is 0 Å². The molecule has 4 heteroatoms. The van der Waals surface area contributed by atoms with Gasteiger partial charge in [0.1, 0.15) is 5.75 Å². The van der Waals surface area contributed by atoms with E-state index < -0.39 is 0 Å². The number of nitrogens with zero attached hydrogens (tertiary/aromatic N) is 1. The summed E-state index contributed by atoms with van der Waals surface area (Å²) in [5.41, 5.74) is 3.64. The largest absolute Gasteiger partial charge is 0.490 e. The van der Waals surface area contributed by atoms with Gasteiger partial charge in [0.2, 0.25) is 0 Å². The number of rotatable bonds is 17. The minimum atomic E-state index is -0.351. The van der Waals surface area contributed by atoms with Crippen LogP contribution in [0.1, 0.15) is 115 Å². The molecule has 0 aliphatic heterocycles. The number of esters is 1. The molecule has 1 saturated carbocycles. The summed E-state index contributed by atoms with van der Waals surface area (Å²) in [6.45, 7) is 8.29. The fraction of sp³-hybridized carbons (Fsp3) is 0.556. The van der Waals surface area contributed by atoms with Crippen molar-refractivity contribution in [3.8, 4) is 22.9 Å². The quantitative estimate of drug-likeness (QED) is 0.113. The van der Waals surface area contributed by atoms with Gasteiger partial charge in [0, 0.05) is 6.08 Å². The topological polar surface area (TPSA) is 59.3 Å². The van der Waals surface area contributed by atoms with E-state index in [0.717, 1.165) is 70.0 Å². The van der Waals surface area contributed by atoms with Crippen LogP contribution >= 0.6 is 0 Å². The Morgan fingerprint density at radius 2 is 1.73 bits per heavy atom. The minimum Gasteiger partial charge on any atom is -0.490 e. The van der Waals surface area contributed by atoms with Gasteiger partial charge in [-0.1, -0.05) is 88.9 Å². The van der Waals surface area contributed by atoms with Gasteiger partial charge in [-0.25, -0.2) is 4.79 Å². The molecular formula is C36H49NO3. The summed E-state index contributed by atoms with van der Waals surface area (Å²) in [5, 5.41) is 10.0. The van der Waals surface area contributed by atoms with E-state index in [0.29, 0.717) is 12.5 Å². The Hall–Kier alpha value is -3.06. The lowest BCUT2D eigenvalue weighted by molar-refractivity contribution is -0.137. The molecule has 2 aromatic carbocycles. The molecular weight excluding hydrogens is 494 g/mol. The minimum absolute atomic E-state index is 0.136. The second-order valence-corrected chi connectivity index (χ2v) is 11.5. The second-order valence-electron chi connectivity index (χ2n) is 11.5. The van der Waals surface area contributed by atoms with Crippen LogP contribution in [0.3, 0.4) is 0 Å². The highest BCUT2D eigenvalue weighted by molar-refractivity contribution is 5.81. The van der Waals surface area contributed by atoms with E-state index in [1.807, 2.05) is 0 Å². The second kappa shape index (κ2) is 16.9. The smallest absolute Gasteiger partial charge is 0.330 e. The Balaban J connectivity index is 1.52. The first-order chi connectivity index (χ1) is 19.5. The first-order valence-corrected chi connectivity index (χ1v) is 15.6. The predicted octanol–water partition coefficient (Wildman–Crippen LogP) is 9.94. The molecule has 0 spiro atoms. The molecule has 0 amide bonds. The van der Waals surface area contributed by atoms with E-state index in [9.17, 15) is 10.1 Å². The van der Waals surface area contributed by atoms with Crippen molar-refractivity contribution < 1.29 is 14.3 Å². The molecule has 40 heavy (non-hydrogen) atoms. The van der Waals surface area contributed by atoms with Gasteiger partial charge in [-0.2, -0.15) is 5.26 Å². The van der Waals surface area contributed by atoms with Crippen LogP contribution in [0, 0.1) is 16.7 Å². The van der Waals surface area contributed by atoms with Crippen LogP contribution in [0.25, 0.3) is 11.1 Å². The Morgan fingerprint density at radius 3 is 2.38 bits per heavy atom. The maximum absolute atomic E-state index is 11.1. The summed E-state index contributed by atoms with van der Waals surface area (Å²) in [5.74, 6) is 1.05. The van der Waals surface area contributed by atoms with Gasteiger partial charge in [-0.3, -0.25) is 0 Å². The van der Waals surface area contributed by atoms with Crippen LogP contribution in [0.5, 0.6) is 5.75 Å². The molecule has 216 valence electrons. The molecule has 1 fully saturated rings. The average Bonchev–Trinajstić information content (AvgIpc) is 2.99. The zero-order valence-electron chi connectivity index (χ0n) is 24.8. The van der Waals surface area contributed by atoms with Crippen molar-refractivity contribution in [3.63, 3.8) is 0 Å². The molecule has 2 aromatic rings. The number of hydrogen-bond donors (Lipinski definition) is 0. The molecule has 0 heterocycles. The van der Waals surface area contributed by atoms with Crippen molar-refractivity contribution in [3.05, 3.63) is 66.7 Å². The number of carbonyl (C=O) groups excluding carboxylic acids is 1. The van der Waals surface area contributed by atoms with Gasteiger partial charge in [0.25, 0.3) is 0 Å². The lowest BCUT2D eigenvalue weighted by atomic mass is 9.66. The van der Waals surface area contributed by atoms with Crippen LogP contribution < -0.4 is 4.74 Å². The summed E-state index contributed by atoms with van der Waals surface area (Å²) in [6.07, 6.45) is 16.5. The van der Waals surface area contributed by atoms with E-state index in [1.54, 1.807) is 0 Å². The first kappa shape index (κ1) is 31.5. The van der Waals surface area contributed by atoms with Crippen LogP contribution in [0.4, 0.5) is 0 Å². The Morgan fingerprint density at radius 1 is 1.00 bits per heavy atom. The van der Waals surface area contributed by atoms with E-state index in [4.69, 9.17) is 9.47 Å². The Bertz CT molecular complexity index is 1070. The molecule has 1 aliphatic carbocycles. The molecule has 3 rings (SSSR count). The third-order valence-electron chi connectivity index (χ3n) is 8.41. The van der Waals surface area contributed by atoms with Gasteiger partial charge in [0.05, 0.1) is 24.2 Å². The van der Waals surface area contributed by atoms with Gasteiger partial charge in [-0.15, -0.1) is 0 Å².